The number of hydrogen-bond donors (Lipinski definition) is 7. The molecule has 0 aliphatic heterocycles. The van der Waals surface area contributed by atoms with E-state index in [9.17, 15) is 14.4 Å². The van der Waals surface area contributed by atoms with Crippen LogP contribution >= 0.6 is 22.9 Å². The fraction of sp³-hybridized carbons (Fsp3) is 0.185. The van der Waals surface area contributed by atoms with E-state index in [1.807, 2.05) is 12.1 Å². The van der Waals surface area contributed by atoms with Gasteiger partial charge in [0.2, 0.25) is 18.2 Å². The molecule has 3 aromatic heterocycles. The number of amides is 3. The van der Waals surface area contributed by atoms with Crippen molar-refractivity contribution in [2.24, 2.45) is 0 Å². The van der Waals surface area contributed by atoms with E-state index in [1.54, 1.807) is 30.3 Å². The van der Waals surface area contributed by atoms with Gasteiger partial charge in [-0.3, -0.25) is 14.4 Å². The number of nitrogens with zero attached hydrogens (tertiary/aromatic N) is 5. The maximum atomic E-state index is 12.8. The zero-order valence-electron chi connectivity index (χ0n) is 23.1. The van der Waals surface area contributed by atoms with Gasteiger partial charge < -0.3 is 32.7 Å². The number of carbonyl (C=O) groups excluding carboxylic acids is 3. The maximum Gasteiger partial charge on any atom is 0.261 e. The summed E-state index contributed by atoms with van der Waals surface area (Å²) in [4.78, 5) is 45.0. The van der Waals surface area contributed by atoms with Crippen molar-refractivity contribution in [3.63, 3.8) is 0 Å². The molecule has 0 unspecified atom stereocenters. The van der Waals surface area contributed by atoms with Gasteiger partial charge in [-0.2, -0.15) is 10.2 Å². The number of H-pyrrole nitrogens is 1. The molecule has 44 heavy (non-hydrogen) atoms. The molecular formula is C27H27ClN12O3S. The highest BCUT2D eigenvalue weighted by Crippen LogP contribution is 2.31. The van der Waals surface area contributed by atoms with Gasteiger partial charge in [0.25, 0.3) is 11.8 Å². The fourth-order valence-corrected chi connectivity index (χ4v) is 5.49. The van der Waals surface area contributed by atoms with Crippen LogP contribution < -0.4 is 32.7 Å². The third kappa shape index (κ3) is 6.99. The number of halogens is 1. The first-order valence-corrected chi connectivity index (χ1v) is 14.5. The summed E-state index contributed by atoms with van der Waals surface area (Å²) in [6, 6.07) is 12.0. The number of unbranched alkanes of at least 4 members (excludes halogenated alkanes) is 1. The lowest BCUT2D eigenvalue weighted by atomic mass is 10.0. The Kier molecular flexibility index (Phi) is 9.41. The Morgan fingerprint density at radius 1 is 1.00 bits per heavy atom. The number of nitrogens with one attached hydrogen (secondary N) is 5. The SMILES string of the molecule is Nc1nc(N)c2c(Cl)c(CNc3ccc(C(=O)NCCCCNC(=O)c4ccc(NC=O)cc4-c4nn[nH]n4)s3)ccc2n1. The zero-order valence-corrected chi connectivity index (χ0v) is 24.6. The first-order chi connectivity index (χ1) is 21.3. The molecule has 17 heteroatoms. The molecular weight excluding hydrogens is 608 g/mol. The van der Waals surface area contributed by atoms with E-state index in [-0.39, 0.29) is 29.4 Å². The number of nitrogen functional groups attached to an aromatic ring is 2. The number of aromatic amines is 1. The van der Waals surface area contributed by atoms with Gasteiger partial charge in [-0.25, -0.2) is 4.98 Å². The van der Waals surface area contributed by atoms with Crippen LogP contribution in [0.1, 0.15) is 38.4 Å². The number of benzene rings is 2. The van der Waals surface area contributed by atoms with Crippen molar-refractivity contribution in [2.45, 2.75) is 19.4 Å². The average Bonchev–Trinajstić information content (AvgIpc) is 3.71. The molecule has 5 aromatic rings. The second kappa shape index (κ2) is 13.7. The monoisotopic (exact) mass is 634 g/mol. The molecule has 2 aromatic carbocycles. The highest BCUT2D eigenvalue weighted by Gasteiger charge is 2.17. The molecule has 0 atom stereocenters. The van der Waals surface area contributed by atoms with E-state index < -0.39 is 0 Å². The predicted molar refractivity (Wildman–Crippen MR) is 168 cm³/mol. The van der Waals surface area contributed by atoms with Gasteiger partial charge in [-0.15, -0.1) is 21.5 Å². The van der Waals surface area contributed by atoms with Crippen molar-refractivity contribution in [3.8, 4) is 11.4 Å². The fourth-order valence-electron chi connectivity index (χ4n) is 4.34. The predicted octanol–water partition coefficient (Wildman–Crippen LogP) is 2.81. The topological polar surface area (TPSA) is 232 Å². The Morgan fingerprint density at radius 2 is 1.80 bits per heavy atom. The van der Waals surface area contributed by atoms with Crippen LogP contribution in [0.3, 0.4) is 0 Å². The molecule has 0 radical (unpaired) electrons. The Labute approximate surface area is 259 Å². The quantitative estimate of drug-likeness (QED) is 0.0735. The molecule has 0 aliphatic carbocycles. The molecule has 5 rings (SSSR count). The van der Waals surface area contributed by atoms with Gasteiger partial charge in [-0.05, 0) is 60.0 Å². The van der Waals surface area contributed by atoms with Gasteiger partial charge in [0.1, 0.15) is 5.82 Å². The van der Waals surface area contributed by atoms with Crippen LogP contribution in [-0.2, 0) is 11.3 Å². The summed E-state index contributed by atoms with van der Waals surface area (Å²) in [5.41, 5.74) is 14.3. The summed E-state index contributed by atoms with van der Waals surface area (Å²) in [7, 11) is 0. The van der Waals surface area contributed by atoms with Crippen molar-refractivity contribution >= 4 is 74.5 Å². The minimum atomic E-state index is -0.323. The molecule has 3 amide bonds. The molecule has 0 saturated heterocycles. The van der Waals surface area contributed by atoms with Crippen molar-refractivity contribution in [1.82, 2.24) is 41.2 Å². The minimum Gasteiger partial charge on any atom is -0.383 e. The molecule has 0 saturated carbocycles. The normalized spacial score (nSPS) is 10.8. The lowest BCUT2D eigenvalue weighted by molar-refractivity contribution is -0.105. The van der Waals surface area contributed by atoms with Gasteiger partial charge in [0, 0.05) is 30.9 Å². The summed E-state index contributed by atoms with van der Waals surface area (Å²) in [6.07, 6.45) is 1.83. The van der Waals surface area contributed by atoms with Crippen molar-refractivity contribution in [2.75, 3.05) is 35.2 Å². The Bertz CT molecular complexity index is 1810. The molecule has 15 nitrogen and oxygen atoms in total. The second-order valence-corrected chi connectivity index (χ2v) is 10.9. The average molecular weight is 635 g/mol. The van der Waals surface area contributed by atoms with Gasteiger partial charge >= 0.3 is 0 Å². The smallest absolute Gasteiger partial charge is 0.261 e. The van der Waals surface area contributed by atoms with Crippen LogP contribution in [0.2, 0.25) is 5.02 Å². The number of nitrogens with two attached hydrogens (primary N) is 2. The number of carbonyl (C=O) groups is 3. The number of anilines is 4. The second-order valence-electron chi connectivity index (χ2n) is 9.39. The van der Waals surface area contributed by atoms with Crippen molar-refractivity contribution in [1.29, 1.82) is 0 Å². The number of thiophene rings is 1. The van der Waals surface area contributed by atoms with E-state index in [4.69, 9.17) is 23.1 Å². The summed E-state index contributed by atoms with van der Waals surface area (Å²) < 4.78 is 0. The van der Waals surface area contributed by atoms with Gasteiger partial charge in [0.05, 0.1) is 31.4 Å². The third-order valence-electron chi connectivity index (χ3n) is 6.46. The summed E-state index contributed by atoms with van der Waals surface area (Å²) in [5, 5.41) is 27.1. The molecule has 9 N–H and O–H groups in total. The number of tetrazole rings is 1. The highest BCUT2D eigenvalue weighted by molar-refractivity contribution is 7.17. The first-order valence-electron chi connectivity index (χ1n) is 13.3. The van der Waals surface area contributed by atoms with E-state index >= 15 is 0 Å². The zero-order chi connectivity index (χ0) is 31.1. The summed E-state index contributed by atoms with van der Waals surface area (Å²) >= 11 is 7.88. The molecule has 226 valence electrons. The van der Waals surface area contributed by atoms with Crippen LogP contribution in [0.4, 0.5) is 22.5 Å². The minimum absolute atomic E-state index is 0.0810. The van der Waals surface area contributed by atoms with Gasteiger partial charge in [0.15, 0.2) is 0 Å². The van der Waals surface area contributed by atoms with Gasteiger partial charge in [-0.1, -0.05) is 17.7 Å². The van der Waals surface area contributed by atoms with E-state index in [2.05, 4.69) is 51.9 Å². The maximum absolute atomic E-state index is 12.8. The van der Waals surface area contributed by atoms with E-state index in [0.717, 1.165) is 10.6 Å². The third-order valence-corrected chi connectivity index (χ3v) is 7.93. The molecule has 0 spiro atoms. The largest absolute Gasteiger partial charge is 0.383 e. The summed E-state index contributed by atoms with van der Waals surface area (Å²) in [6.45, 7) is 1.24. The number of hydrogen-bond acceptors (Lipinski definition) is 12. The van der Waals surface area contributed by atoms with Crippen LogP contribution in [0.5, 0.6) is 0 Å². The summed E-state index contributed by atoms with van der Waals surface area (Å²) in [5.74, 6) is 0.00944. The van der Waals surface area contributed by atoms with E-state index in [0.29, 0.717) is 76.5 Å². The lowest BCUT2D eigenvalue weighted by Gasteiger charge is -2.10. The van der Waals surface area contributed by atoms with Crippen LogP contribution in [0, 0.1) is 0 Å². The number of rotatable bonds is 13. The number of aromatic nitrogens is 6. The first kappa shape index (κ1) is 30.1. The molecule has 0 fully saturated rings. The van der Waals surface area contributed by atoms with Crippen LogP contribution in [0.25, 0.3) is 22.3 Å². The van der Waals surface area contributed by atoms with E-state index in [1.165, 1.54) is 11.3 Å². The molecule has 0 aliphatic rings. The highest BCUT2D eigenvalue weighted by atomic mass is 35.5. The van der Waals surface area contributed by atoms with Crippen LogP contribution in [-0.4, -0.2) is 61.9 Å². The van der Waals surface area contributed by atoms with Crippen molar-refractivity contribution in [3.05, 3.63) is 63.5 Å². The number of fused-ring (bicyclic) bond motifs is 1. The Balaban J connectivity index is 1.06. The standard InChI is InChI=1S/C27H27ClN12O3S/c28-22-14(3-6-18-21(22)23(29)36-27(30)35-18)12-33-20-8-7-19(44-20)26(43)32-10-2-1-9-31-25(42)16-5-4-15(34-13-41)11-17(16)24-37-39-40-38-24/h3-8,11,13,33H,1-2,9-10,12H2,(H,31,42)(H,32,43)(H,34,41)(H4,29,30,35,36)(H,37,38,39,40). The van der Waals surface area contributed by atoms with Crippen LogP contribution in [0.15, 0.2) is 42.5 Å². The van der Waals surface area contributed by atoms with Crippen molar-refractivity contribution < 1.29 is 14.4 Å². The Hall–Kier alpha value is -5.35. The molecule has 0 bridgehead atoms. The lowest BCUT2D eigenvalue weighted by Crippen LogP contribution is -2.27. The Morgan fingerprint density at radius 3 is 2.55 bits per heavy atom. The molecule has 3 heterocycles.